The number of carbonyl (C=O) groups is 1. The molecule has 3 aromatic rings. The summed E-state index contributed by atoms with van der Waals surface area (Å²) in [5.41, 5.74) is 0.767. The van der Waals surface area contributed by atoms with Gasteiger partial charge in [0.15, 0.2) is 5.82 Å². The van der Waals surface area contributed by atoms with E-state index in [0.717, 1.165) is 26.2 Å². The van der Waals surface area contributed by atoms with E-state index in [1.54, 1.807) is 19.3 Å². The number of nitrogens with one attached hydrogen (secondary N) is 2. The molecule has 1 saturated heterocycles. The third kappa shape index (κ3) is 3.97. The van der Waals surface area contributed by atoms with E-state index in [-0.39, 0.29) is 17.0 Å². The topological polar surface area (TPSA) is 97.2 Å². The quantitative estimate of drug-likeness (QED) is 0.672. The molecule has 3 heterocycles. The summed E-state index contributed by atoms with van der Waals surface area (Å²) in [4.78, 5) is 23.6. The fourth-order valence-corrected chi connectivity index (χ4v) is 3.26. The van der Waals surface area contributed by atoms with E-state index >= 15 is 0 Å². The Morgan fingerprint density at radius 2 is 2.14 bits per heavy atom. The summed E-state index contributed by atoms with van der Waals surface area (Å²) in [6.45, 7) is 5.42. The number of aromatic nitrogens is 4. The van der Waals surface area contributed by atoms with Crippen LogP contribution in [0.25, 0.3) is 10.9 Å². The lowest BCUT2D eigenvalue weighted by Crippen LogP contribution is -2.44. The van der Waals surface area contributed by atoms with Crippen LogP contribution in [0.1, 0.15) is 17.3 Å². The zero-order valence-corrected chi connectivity index (χ0v) is 16.3. The van der Waals surface area contributed by atoms with Gasteiger partial charge in [-0.2, -0.15) is 10.1 Å². The number of amides is 1. The van der Waals surface area contributed by atoms with Crippen LogP contribution in [0, 0.1) is 5.82 Å². The highest BCUT2D eigenvalue weighted by atomic mass is 19.1. The molecule has 0 saturated carbocycles. The van der Waals surface area contributed by atoms with E-state index < -0.39 is 11.7 Å². The number of piperazine rings is 1. The van der Waals surface area contributed by atoms with Crippen LogP contribution in [0.4, 0.5) is 16.0 Å². The summed E-state index contributed by atoms with van der Waals surface area (Å²) in [5.74, 6) is -0.248. The van der Waals surface area contributed by atoms with Gasteiger partial charge in [-0.05, 0) is 19.1 Å². The maximum atomic E-state index is 14.3. The number of hydrogen-bond donors (Lipinski definition) is 2. The smallest absolute Gasteiger partial charge is 0.262 e. The summed E-state index contributed by atoms with van der Waals surface area (Å²) in [6.07, 6.45) is 3.13. The van der Waals surface area contributed by atoms with Gasteiger partial charge in [-0.3, -0.25) is 9.48 Å². The van der Waals surface area contributed by atoms with Crippen molar-refractivity contribution in [1.29, 1.82) is 0 Å². The number of anilines is 2. The van der Waals surface area contributed by atoms with E-state index in [1.165, 1.54) is 16.9 Å². The molecule has 1 aromatic carbocycles. The van der Waals surface area contributed by atoms with Gasteiger partial charge in [0.1, 0.15) is 11.1 Å². The predicted molar refractivity (Wildman–Crippen MR) is 107 cm³/mol. The number of ether oxygens (including phenoxy) is 1. The second-order valence-corrected chi connectivity index (χ2v) is 6.71. The largest absolute Gasteiger partial charge is 0.477 e. The predicted octanol–water partition coefficient (Wildman–Crippen LogP) is 1.56. The van der Waals surface area contributed by atoms with Gasteiger partial charge in [0.25, 0.3) is 5.91 Å². The Labute approximate surface area is 166 Å². The van der Waals surface area contributed by atoms with Crippen LogP contribution in [0.15, 0.2) is 24.5 Å². The fraction of sp³-hybridized carbons (Fsp3) is 0.368. The monoisotopic (exact) mass is 399 g/mol. The summed E-state index contributed by atoms with van der Waals surface area (Å²) < 4.78 is 21.4. The van der Waals surface area contributed by atoms with Gasteiger partial charge in [0, 0.05) is 56.7 Å². The summed E-state index contributed by atoms with van der Waals surface area (Å²) in [5, 5.41) is 10.6. The van der Waals surface area contributed by atoms with E-state index in [9.17, 15) is 9.18 Å². The Bertz CT molecular complexity index is 1050. The van der Waals surface area contributed by atoms with Gasteiger partial charge >= 0.3 is 0 Å². The minimum absolute atomic E-state index is 0.192. The Hall–Kier alpha value is -3.27. The molecule has 0 unspecified atom stereocenters. The van der Waals surface area contributed by atoms with Crippen LogP contribution in [0.2, 0.25) is 0 Å². The maximum absolute atomic E-state index is 14.3. The van der Waals surface area contributed by atoms with Crippen molar-refractivity contribution in [1.82, 2.24) is 25.1 Å². The van der Waals surface area contributed by atoms with Crippen LogP contribution in [-0.2, 0) is 7.05 Å². The summed E-state index contributed by atoms with van der Waals surface area (Å²) >= 11 is 0. The molecule has 0 spiro atoms. The number of hydrogen-bond acceptors (Lipinski definition) is 7. The van der Waals surface area contributed by atoms with E-state index in [1.807, 2.05) is 11.8 Å². The molecule has 0 bridgehead atoms. The van der Waals surface area contributed by atoms with Crippen molar-refractivity contribution < 1.29 is 13.9 Å². The molecule has 152 valence electrons. The minimum Gasteiger partial charge on any atom is -0.477 e. The summed E-state index contributed by atoms with van der Waals surface area (Å²) in [6, 6.07) is 2.91. The van der Waals surface area contributed by atoms with Gasteiger partial charge in [0.05, 0.1) is 6.61 Å². The molecule has 2 N–H and O–H groups in total. The highest BCUT2D eigenvalue weighted by Crippen LogP contribution is 2.24. The third-order valence-electron chi connectivity index (χ3n) is 4.60. The van der Waals surface area contributed by atoms with Crippen molar-refractivity contribution in [3.8, 4) is 5.88 Å². The average molecular weight is 399 g/mol. The maximum Gasteiger partial charge on any atom is 0.262 e. The van der Waals surface area contributed by atoms with Crippen LogP contribution >= 0.6 is 0 Å². The molecule has 29 heavy (non-hydrogen) atoms. The highest BCUT2D eigenvalue weighted by Gasteiger charge is 2.20. The molecule has 1 aliphatic heterocycles. The number of fused-ring (bicyclic) bond motifs is 1. The lowest BCUT2D eigenvalue weighted by atomic mass is 10.2. The molecule has 0 aliphatic carbocycles. The summed E-state index contributed by atoms with van der Waals surface area (Å²) in [7, 11) is 1.71. The number of carbonyl (C=O) groups excluding carboxylic acids is 1. The van der Waals surface area contributed by atoms with Gasteiger partial charge < -0.3 is 20.3 Å². The third-order valence-corrected chi connectivity index (χ3v) is 4.60. The van der Waals surface area contributed by atoms with Crippen molar-refractivity contribution in [3.63, 3.8) is 0 Å². The molecule has 1 aliphatic rings. The van der Waals surface area contributed by atoms with Crippen LogP contribution in [0.5, 0.6) is 5.88 Å². The van der Waals surface area contributed by atoms with Gasteiger partial charge in [-0.15, -0.1) is 0 Å². The molecule has 9 nitrogen and oxygen atoms in total. The van der Waals surface area contributed by atoms with Crippen molar-refractivity contribution in [2.75, 3.05) is 43.0 Å². The second-order valence-electron chi connectivity index (χ2n) is 6.71. The van der Waals surface area contributed by atoms with Crippen molar-refractivity contribution >= 4 is 28.4 Å². The van der Waals surface area contributed by atoms with Crippen LogP contribution in [-0.4, -0.2) is 58.4 Å². The molecule has 1 amide bonds. The number of benzene rings is 1. The molecular weight excluding hydrogens is 377 g/mol. The minimum atomic E-state index is -0.506. The fourth-order valence-electron chi connectivity index (χ4n) is 3.26. The highest BCUT2D eigenvalue weighted by molar-refractivity contribution is 6.06. The van der Waals surface area contributed by atoms with Crippen LogP contribution in [0.3, 0.4) is 0 Å². The Balaban J connectivity index is 1.60. The average Bonchev–Trinajstić information content (AvgIpc) is 3.09. The number of halogens is 1. The van der Waals surface area contributed by atoms with Crippen molar-refractivity contribution in [3.05, 3.63) is 35.9 Å². The second kappa shape index (κ2) is 8.00. The first-order chi connectivity index (χ1) is 14.0. The Morgan fingerprint density at radius 3 is 2.90 bits per heavy atom. The number of rotatable bonds is 5. The first-order valence-corrected chi connectivity index (χ1v) is 9.45. The molecule has 10 heteroatoms. The molecule has 4 rings (SSSR count). The van der Waals surface area contributed by atoms with E-state index in [2.05, 4.69) is 25.7 Å². The molecule has 0 atom stereocenters. The molecular formula is C19H22FN7O2. The number of aryl methyl sites for hydroxylation is 1. The Morgan fingerprint density at radius 1 is 1.34 bits per heavy atom. The zero-order valence-electron chi connectivity index (χ0n) is 16.3. The molecule has 2 aromatic heterocycles. The lowest BCUT2D eigenvalue weighted by molar-refractivity contribution is 0.102. The first kappa shape index (κ1) is 19.1. The lowest BCUT2D eigenvalue weighted by Gasteiger charge is -2.27. The van der Waals surface area contributed by atoms with Gasteiger partial charge in [0.2, 0.25) is 11.8 Å². The van der Waals surface area contributed by atoms with Crippen molar-refractivity contribution in [2.24, 2.45) is 7.05 Å². The molecule has 0 radical (unpaired) electrons. The zero-order chi connectivity index (χ0) is 20.4. The number of nitrogens with zero attached hydrogens (tertiary/aromatic N) is 5. The Kier molecular flexibility index (Phi) is 5.26. The SMILES string of the molecule is CCOc1nc(N2CCNCC2)ncc1C(=O)Nc1cc(F)c2nn(C)cc2c1. The molecule has 1 fully saturated rings. The van der Waals surface area contributed by atoms with E-state index in [4.69, 9.17) is 4.74 Å². The standard InChI is InChI=1S/C19H22FN7O2/c1-3-29-18-14(10-22-19(24-18)27-6-4-21-5-7-27)17(28)23-13-8-12-11-26(2)25-16(12)15(20)9-13/h8-11,21H,3-7H2,1-2H3,(H,23,28). The van der Waals surface area contributed by atoms with Gasteiger partial charge in [-0.1, -0.05) is 0 Å². The van der Waals surface area contributed by atoms with Crippen LogP contribution < -0.4 is 20.3 Å². The van der Waals surface area contributed by atoms with Gasteiger partial charge in [-0.25, -0.2) is 9.37 Å². The first-order valence-electron chi connectivity index (χ1n) is 9.45. The normalized spacial score (nSPS) is 14.2. The van der Waals surface area contributed by atoms with E-state index in [0.29, 0.717) is 23.6 Å². The van der Waals surface area contributed by atoms with Crippen molar-refractivity contribution in [2.45, 2.75) is 6.92 Å².